The van der Waals surface area contributed by atoms with Crippen molar-refractivity contribution in [2.24, 2.45) is 7.05 Å². The van der Waals surface area contributed by atoms with Crippen molar-refractivity contribution in [2.45, 2.75) is 41.3 Å². The molecule has 0 aliphatic carbocycles. The molecular formula is C30H32N+. The fourth-order valence-electron chi connectivity index (χ4n) is 4.04. The molecule has 0 unspecified atom stereocenters. The third-order valence-electron chi connectivity index (χ3n) is 5.55. The van der Waals surface area contributed by atoms with Gasteiger partial charge in [-0.15, -0.1) is 0 Å². The van der Waals surface area contributed by atoms with Gasteiger partial charge in [0.05, 0.1) is 0 Å². The lowest BCUT2D eigenvalue weighted by Crippen LogP contribution is -2.31. The van der Waals surface area contributed by atoms with Crippen molar-refractivity contribution < 1.29 is 21.0 Å². The molecule has 3 aromatic carbocycles. The van der Waals surface area contributed by atoms with Crippen molar-refractivity contribution in [3.05, 3.63) is 100 Å². The van der Waals surface area contributed by atoms with Crippen molar-refractivity contribution in [3.63, 3.8) is 0 Å². The number of aryl methyl sites for hydroxylation is 7. The normalized spacial score (nSPS) is 18.4. The van der Waals surface area contributed by atoms with Gasteiger partial charge in [-0.2, -0.15) is 0 Å². The first-order valence-electron chi connectivity index (χ1n) is 16.0. The van der Waals surface area contributed by atoms with E-state index in [1.807, 2.05) is 6.07 Å². The molecule has 0 bridgehead atoms. The molecule has 0 fully saturated rings. The maximum absolute atomic E-state index is 8.29. The Morgan fingerprint density at radius 2 is 1.32 bits per heavy atom. The van der Waals surface area contributed by atoms with E-state index in [0.717, 1.165) is 0 Å². The van der Waals surface area contributed by atoms with Crippen LogP contribution >= 0.6 is 0 Å². The first kappa shape index (κ1) is 10.9. The van der Waals surface area contributed by atoms with Crippen LogP contribution in [0.5, 0.6) is 0 Å². The molecule has 156 valence electrons. The maximum atomic E-state index is 8.29. The van der Waals surface area contributed by atoms with Crippen LogP contribution in [0, 0.1) is 41.3 Å². The molecule has 4 aromatic rings. The van der Waals surface area contributed by atoms with Crippen LogP contribution in [0.3, 0.4) is 0 Å². The number of nitrogens with zero attached hydrogens (tertiary/aromatic N) is 1. The smallest absolute Gasteiger partial charge is 0.201 e. The molecule has 0 aliphatic rings. The number of hydrogen-bond acceptors (Lipinski definition) is 0. The van der Waals surface area contributed by atoms with Gasteiger partial charge in [-0.25, -0.2) is 4.57 Å². The molecule has 0 spiro atoms. The average molecular weight is 419 g/mol. The molecule has 0 radical (unpaired) electrons. The first-order valence-corrected chi connectivity index (χ1v) is 10.0. The van der Waals surface area contributed by atoms with Crippen molar-refractivity contribution >= 4 is 0 Å². The zero-order valence-electron chi connectivity index (χ0n) is 29.8. The summed E-state index contributed by atoms with van der Waals surface area (Å²) in [6, 6.07) is 16.6. The van der Waals surface area contributed by atoms with Crippen molar-refractivity contribution in [1.82, 2.24) is 0 Å². The summed E-state index contributed by atoms with van der Waals surface area (Å²) in [5.74, 6) is 0. The Hall–Kier alpha value is -3.19. The highest BCUT2D eigenvalue weighted by molar-refractivity contribution is 5.80. The summed E-state index contributed by atoms with van der Waals surface area (Å²) in [6.45, 7) is -7.30. The van der Waals surface area contributed by atoms with Crippen LogP contribution < -0.4 is 4.57 Å². The van der Waals surface area contributed by atoms with E-state index >= 15 is 0 Å². The summed E-state index contributed by atoms with van der Waals surface area (Å²) < 4.78 is 100. The molecule has 0 saturated heterocycles. The molecule has 0 atom stereocenters. The largest absolute Gasteiger partial charge is 0.213 e. The van der Waals surface area contributed by atoms with Gasteiger partial charge in [-0.05, 0) is 91.8 Å². The van der Waals surface area contributed by atoms with Gasteiger partial charge in [-0.3, -0.25) is 0 Å². The molecule has 0 aliphatic heterocycles. The van der Waals surface area contributed by atoms with E-state index in [2.05, 4.69) is 0 Å². The minimum atomic E-state index is -2.75. The Bertz CT molecular complexity index is 1640. The maximum Gasteiger partial charge on any atom is 0.213 e. The standard InChI is InChI=1S/C30H32N/c1-19-13-22(4)30(23(5)14-19)28-17-29(31(7)18-24(28)6)27-16-26(20(2)15-21(27)3)25-11-9-8-10-12-25/h8-18H,1-7H3/q+1/i2D3,4D3,5D3,6D3. The summed E-state index contributed by atoms with van der Waals surface area (Å²) >= 11 is 0. The summed E-state index contributed by atoms with van der Waals surface area (Å²) in [6.07, 6.45) is 1.36. The van der Waals surface area contributed by atoms with Gasteiger partial charge in [0, 0.05) is 33.6 Å². The third kappa shape index (κ3) is 3.93. The molecule has 4 rings (SSSR count). The summed E-state index contributed by atoms with van der Waals surface area (Å²) in [5, 5.41) is 0. The van der Waals surface area contributed by atoms with Crippen LogP contribution in [0.4, 0.5) is 0 Å². The molecule has 0 N–H and O–H groups in total. The minimum Gasteiger partial charge on any atom is -0.201 e. The number of aromatic nitrogens is 1. The summed E-state index contributed by atoms with van der Waals surface area (Å²) in [5.41, 5.74) is 2.37. The Morgan fingerprint density at radius 1 is 0.645 bits per heavy atom. The van der Waals surface area contributed by atoms with E-state index in [4.69, 9.17) is 16.4 Å². The lowest BCUT2D eigenvalue weighted by Gasteiger charge is -2.16. The van der Waals surface area contributed by atoms with E-state index in [1.54, 1.807) is 61.9 Å². The Balaban J connectivity index is 2.18. The number of benzene rings is 3. The van der Waals surface area contributed by atoms with Crippen LogP contribution in [-0.4, -0.2) is 0 Å². The molecule has 1 aromatic heterocycles. The highest BCUT2D eigenvalue weighted by Gasteiger charge is 2.20. The predicted molar refractivity (Wildman–Crippen MR) is 132 cm³/mol. The lowest BCUT2D eigenvalue weighted by atomic mass is 9.89. The van der Waals surface area contributed by atoms with Gasteiger partial charge >= 0.3 is 0 Å². The second-order valence-electron chi connectivity index (χ2n) is 7.91. The van der Waals surface area contributed by atoms with Crippen LogP contribution in [0.15, 0.2) is 66.9 Å². The fourth-order valence-corrected chi connectivity index (χ4v) is 4.04. The van der Waals surface area contributed by atoms with Crippen LogP contribution in [0.25, 0.3) is 33.5 Å². The van der Waals surface area contributed by atoms with Crippen molar-refractivity contribution in [1.29, 1.82) is 0 Å². The van der Waals surface area contributed by atoms with Gasteiger partial charge in [-0.1, -0.05) is 54.1 Å². The number of pyridine rings is 1. The zero-order chi connectivity index (χ0) is 32.3. The van der Waals surface area contributed by atoms with Gasteiger partial charge in [0.25, 0.3) is 0 Å². The topological polar surface area (TPSA) is 3.88 Å². The van der Waals surface area contributed by atoms with Crippen molar-refractivity contribution in [2.75, 3.05) is 0 Å². The van der Waals surface area contributed by atoms with Gasteiger partial charge in [0.15, 0.2) is 6.20 Å². The van der Waals surface area contributed by atoms with E-state index in [1.165, 1.54) is 24.4 Å². The van der Waals surface area contributed by atoms with Gasteiger partial charge in [0.2, 0.25) is 5.69 Å². The molecular weight excluding hydrogens is 374 g/mol. The average Bonchev–Trinajstić information content (AvgIpc) is 2.86. The van der Waals surface area contributed by atoms with Crippen LogP contribution in [0.2, 0.25) is 0 Å². The second-order valence-corrected chi connectivity index (χ2v) is 7.91. The van der Waals surface area contributed by atoms with E-state index in [0.29, 0.717) is 33.5 Å². The number of rotatable bonds is 3. The quantitative estimate of drug-likeness (QED) is 0.306. The van der Waals surface area contributed by atoms with E-state index in [-0.39, 0.29) is 33.4 Å². The first-order chi connectivity index (χ1) is 19.6. The Morgan fingerprint density at radius 3 is 1.97 bits per heavy atom. The van der Waals surface area contributed by atoms with Crippen molar-refractivity contribution in [3.8, 4) is 33.5 Å². The fraction of sp³-hybridized carbons (Fsp3) is 0.233. The molecule has 0 amide bonds. The van der Waals surface area contributed by atoms with Gasteiger partial charge in [0.1, 0.15) is 7.05 Å². The molecule has 1 nitrogen and oxygen atoms in total. The monoisotopic (exact) mass is 418 g/mol. The molecule has 1 heterocycles. The van der Waals surface area contributed by atoms with Gasteiger partial charge < -0.3 is 0 Å². The Labute approximate surface area is 203 Å². The zero-order valence-corrected chi connectivity index (χ0v) is 17.8. The molecule has 31 heavy (non-hydrogen) atoms. The highest BCUT2D eigenvalue weighted by Crippen LogP contribution is 2.35. The summed E-state index contributed by atoms with van der Waals surface area (Å²) in [4.78, 5) is 0. The van der Waals surface area contributed by atoms with E-state index < -0.39 is 27.4 Å². The predicted octanol–water partition coefficient (Wildman–Crippen LogP) is 7.36. The molecule has 0 saturated carbocycles. The SMILES string of the molecule is [2H]C([2H])([2H])c1cc(C)c(-c2cc(-c3c(C([2H])([2H])[2H])cc(C)cc3C([2H])([2H])[2H])c(C([2H])([2H])[2H])c[n+]2C)cc1-c1ccccc1. The number of hydrogen-bond donors (Lipinski definition) is 0. The second kappa shape index (κ2) is 8.15. The minimum absolute atomic E-state index is 0.0362. The summed E-state index contributed by atoms with van der Waals surface area (Å²) in [7, 11) is 1.64. The highest BCUT2D eigenvalue weighted by atomic mass is 14.9. The Kier molecular flexibility index (Phi) is 2.87. The van der Waals surface area contributed by atoms with Crippen LogP contribution in [-0.2, 0) is 7.05 Å². The molecule has 1 heteroatoms. The third-order valence-corrected chi connectivity index (χ3v) is 5.55. The van der Waals surface area contributed by atoms with E-state index in [9.17, 15) is 0 Å². The lowest BCUT2D eigenvalue weighted by molar-refractivity contribution is -0.660. The van der Waals surface area contributed by atoms with Crippen LogP contribution in [0.1, 0.15) is 49.8 Å².